The molecule has 1 unspecified atom stereocenters. The zero-order valence-corrected chi connectivity index (χ0v) is 12.7. The van der Waals surface area contributed by atoms with E-state index in [0.717, 1.165) is 5.92 Å². The maximum atomic E-state index is 4.35. The van der Waals surface area contributed by atoms with E-state index in [2.05, 4.69) is 31.1 Å². The molecule has 2 nitrogen and oxygen atoms in total. The molecule has 1 fully saturated rings. The van der Waals surface area contributed by atoms with E-state index in [1.807, 2.05) is 5.51 Å². The summed E-state index contributed by atoms with van der Waals surface area (Å²) in [5, 5.41) is 3.79. The van der Waals surface area contributed by atoms with Gasteiger partial charge in [-0.15, -0.1) is 11.3 Å². The Morgan fingerprint density at radius 1 is 1.22 bits per heavy atom. The van der Waals surface area contributed by atoms with Gasteiger partial charge in [-0.05, 0) is 39.5 Å². The Morgan fingerprint density at radius 3 is 2.44 bits per heavy atom. The second-order valence-electron chi connectivity index (χ2n) is 5.73. The highest BCUT2D eigenvalue weighted by Crippen LogP contribution is 2.28. The maximum Gasteiger partial charge on any atom is 0.0798 e. The van der Waals surface area contributed by atoms with Crippen LogP contribution in [0.15, 0.2) is 5.51 Å². The number of nitrogens with one attached hydrogen (secondary N) is 1. The maximum absolute atomic E-state index is 4.35. The molecule has 1 N–H and O–H groups in total. The number of hydrogen-bond donors (Lipinski definition) is 1. The molecule has 1 aromatic heterocycles. The third kappa shape index (κ3) is 3.55. The minimum atomic E-state index is 0.441. The third-order valence-electron chi connectivity index (χ3n) is 4.30. The first-order valence-corrected chi connectivity index (χ1v) is 8.22. The summed E-state index contributed by atoms with van der Waals surface area (Å²) in [4.78, 5) is 5.75. The van der Waals surface area contributed by atoms with Crippen molar-refractivity contribution in [3.63, 3.8) is 0 Å². The minimum Gasteiger partial charge on any atom is -0.307 e. The van der Waals surface area contributed by atoms with Gasteiger partial charge in [0.25, 0.3) is 0 Å². The van der Waals surface area contributed by atoms with Crippen molar-refractivity contribution < 1.29 is 0 Å². The molecule has 3 heteroatoms. The molecule has 102 valence electrons. The number of nitrogens with zero attached hydrogens (tertiary/aromatic N) is 1. The lowest BCUT2D eigenvalue weighted by atomic mass is 9.92. The number of thiazole rings is 1. The molecule has 1 aliphatic carbocycles. The van der Waals surface area contributed by atoms with Crippen LogP contribution in [0.3, 0.4) is 0 Å². The van der Waals surface area contributed by atoms with E-state index < -0.39 is 0 Å². The van der Waals surface area contributed by atoms with Crippen LogP contribution < -0.4 is 5.32 Å². The van der Waals surface area contributed by atoms with E-state index in [4.69, 9.17) is 0 Å². The first-order chi connectivity index (χ1) is 8.68. The molecule has 0 aromatic carbocycles. The topological polar surface area (TPSA) is 24.9 Å². The van der Waals surface area contributed by atoms with Crippen LogP contribution >= 0.6 is 11.3 Å². The number of aromatic nitrogens is 1. The van der Waals surface area contributed by atoms with Crippen molar-refractivity contribution in [2.45, 2.75) is 71.4 Å². The fraction of sp³-hybridized carbons (Fsp3) is 0.800. The second kappa shape index (κ2) is 6.67. The largest absolute Gasteiger partial charge is 0.307 e. The van der Waals surface area contributed by atoms with Gasteiger partial charge in [-0.25, -0.2) is 4.98 Å². The van der Waals surface area contributed by atoms with Gasteiger partial charge in [0.15, 0.2) is 0 Å². The summed E-state index contributed by atoms with van der Waals surface area (Å²) in [7, 11) is 0. The molecule has 1 aliphatic rings. The molecular formula is C15H26N2S. The zero-order valence-electron chi connectivity index (χ0n) is 11.9. The average Bonchev–Trinajstić information content (AvgIpc) is 2.63. The van der Waals surface area contributed by atoms with E-state index in [-0.39, 0.29) is 0 Å². The van der Waals surface area contributed by atoms with E-state index >= 15 is 0 Å². The van der Waals surface area contributed by atoms with Gasteiger partial charge in [-0.2, -0.15) is 0 Å². The van der Waals surface area contributed by atoms with Crippen LogP contribution in [0.1, 0.15) is 69.0 Å². The van der Waals surface area contributed by atoms with Gasteiger partial charge < -0.3 is 5.32 Å². The normalized spacial score (nSPS) is 21.5. The lowest BCUT2D eigenvalue weighted by molar-refractivity contribution is 0.317. The summed E-state index contributed by atoms with van der Waals surface area (Å²) < 4.78 is 0. The smallest absolute Gasteiger partial charge is 0.0798 e. The van der Waals surface area contributed by atoms with Crippen molar-refractivity contribution in [1.82, 2.24) is 10.3 Å². The Labute approximate surface area is 115 Å². The SMILES string of the molecule is Cc1ncsc1C(C)N[C@@H](C)C1CCCCCC1. The van der Waals surface area contributed by atoms with Crippen molar-refractivity contribution in [3.8, 4) is 0 Å². The fourth-order valence-electron chi connectivity index (χ4n) is 3.14. The summed E-state index contributed by atoms with van der Waals surface area (Å²) in [6.45, 7) is 6.75. The van der Waals surface area contributed by atoms with Crippen molar-refractivity contribution in [1.29, 1.82) is 0 Å². The van der Waals surface area contributed by atoms with Crippen molar-refractivity contribution in [3.05, 3.63) is 16.1 Å². The van der Waals surface area contributed by atoms with Crippen LogP contribution in [-0.4, -0.2) is 11.0 Å². The summed E-state index contributed by atoms with van der Waals surface area (Å²) in [5.41, 5.74) is 3.15. The predicted molar refractivity (Wildman–Crippen MR) is 79.1 cm³/mol. The molecule has 0 spiro atoms. The van der Waals surface area contributed by atoms with Crippen LogP contribution in [0.4, 0.5) is 0 Å². The minimum absolute atomic E-state index is 0.441. The number of rotatable bonds is 4. The molecule has 18 heavy (non-hydrogen) atoms. The van der Waals surface area contributed by atoms with Crippen LogP contribution in [0.5, 0.6) is 0 Å². The summed E-state index contributed by atoms with van der Waals surface area (Å²) in [6.07, 6.45) is 8.53. The molecule has 2 rings (SSSR count). The summed E-state index contributed by atoms with van der Waals surface area (Å²) >= 11 is 1.78. The highest BCUT2D eigenvalue weighted by atomic mass is 32.1. The van der Waals surface area contributed by atoms with Gasteiger partial charge in [-0.3, -0.25) is 0 Å². The number of aryl methyl sites for hydroxylation is 1. The Hall–Kier alpha value is -0.410. The van der Waals surface area contributed by atoms with Gasteiger partial charge in [0.05, 0.1) is 11.2 Å². The lowest BCUT2D eigenvalue weighted by Crippen LogP contribution is -2.35. The van der Waals surface area contributed by atoms with Crippen LogP contribution in [0, 0.1) is 12.8 Å². The molecule has 1 saturated carbocycles. The molecule has 0 aliphatic heterocycles. The Bertz CT molecular complexity index is 353. The Kier molecular flexibility index (Phi) is 5.19. The molecule has 0 saturated heterocycles. The van der Waals surface area contributed by atoms with Crippen molar-refractivity contribution in [2.24, 2.45) is 5.92 Å². The van der Waals surface area contributed by atoms with Gasteiger partial charge in [0.1, 0.15) is 0 Å². The number of hydrogen-bond acceptors (Lipinski definition) is 3. The molecule has 2 atom stereocenters. The Morgan fingerprint density at radius 2 is 1.89 bits per heavy atom. The first kappa shape index (κ1) is 14.0. The molecule has 0 radical (unpaired) electrons. The first-order valence-electron chi connectivity index (χ1n) is 7.34. The van der Waals surface area contributed by atoms with E-state index in [1.165, 1.54) is 49.1 Å². The van der Waals surface area contributed by atoms with Gasteiger partial charge in [-0.1, -0.05) is 25.7 Å². The van der Waals surface area contributed by atoms with Gasteiger partial charge >= 0.3 is 0 Å². The fourth-order valence-corrected chi connectivity index (χ4v) is 3.96. The standard InChI is InChI=1S/C15H26N2S/c1-11(14-8-6-4-5-7-9-14)17-13(3)15-12(2)16-10-18-15/h10-11,13-14,17H,4-9H2,1-3H3/t11-,13?/m0/s1. The summed E-state index contributed by atoms with van der Waals surface area (Å²) in [6, 6.07) is 1.07. The van der Waals surface area contributed by atoms with Crippen LogP contribution in [0.25, 0.3) is 0 Å². The highest BCUT2D eigenvalue weighted by molar-refractivity contribution is 7.09. The van der Waals surface area contributed by atoms with Gasteiger partial charge in [0, 0.05) is 17.0 Å². The van der Waals surface area contributed by atoms with E-state index in [0.29, 0.717) is 12.1 Å². The molecule has 1 heterocycles. The average molecular weight is 266 g/mol. The highest BCUT2D eigenvalue weighted by Gasteiger charge is 2.21. The second-order valence-corrected chi connectivity index (χ2v) is 6.62. The van der Waals surface area contributed by atoms with E-state index in [9.17, 15) is 0 Å². The Balaban J connectivity index is 1.90. The van der Waals surface area contributed by atoms with E-state index in [1.54, 1.807) is 11.3 Å². The van der Waals surface area contributed by atoms with Gasteiger partial charge in [0.2, 0.25) is 0 Å². The lowest BCUT2D eigenvalue weighted by Gasteiger charge is -2.27. The quantitative estimate of drug-likeness (QED) is 0.814. The zero-order chi connectivity index (χ0) is 13.0. The third-order valence-corrected chi connectivity index (χ3v) is 5.41. The predicted octanol–water partition coefficient (Wildman–Crippen LogP) is 4.46. The van der Waals surface area contributed by atoms with Crippen molar-refractivity contribution >= 4 is 11.3 Å². The van der Waals surface area contributed by atoms with Crippen LogP contribution in [0.2, 0.25) is 0 Å². The van der Waals surface area contributed by atoms with Crippen molar-refractivity contribution in [2.75, 3.05) is 0 Å². The monoisotopic (exact) mass is 266 g/mol. The molecule has 0 amide bonds. The molecule has 1 aromatic rings. The summed E-state index contributed by atoms with van der Waals surface area (Å²) in [5.74, 6) is 0.864. The molecular weight excluding hydrogens is 240 g/mol. The van der Waals surface area contributed by atoms with Crippen LogP contribution in [-0.2, 0) is 0 Å². The molecule has 0 bridgehead atoms.